The monoisotopic (exact) mass is 264 g/mol. The quantitative estimate of drug-likeness (QED) is 0.837. The highest BCUT2D eigenvalue weighted by Gasteiger charge is 2.14. The van der Waals surface area contributed by atoms with Crippen molar-refractivity contribution >= 4 is 11.7 Å². The molecule has 1 amide bonds. The van der Waals surface area contributed by atoms with Crippen LogP contribution in [0.3, 0.4) is 0 Å². The van der Waals surface area contributed by atoms with Gasteiger partial charge in [-0.15, -0.1) is 0 Å². The highest BCUT2D eigenvalue weighted by Crippen LogP contribution is 2.13. The minimum absolute atomic E-state index is 0.116. The number of nitrogens with zero attached hydrogens (tertiary/aromatic N) is 3. The number of aromatic nitrogens is 1. The Morgan fingerprint density at radius 1 is 1.32 bits per heavy atom. The van der Waals surface area contributed by atoms with Gasteiger partial charge in [-0.25, -0.2) is 4.98 Å². The normalized spacial score (nSPS) is 10.4. The average Bonchev–Trinajstić information content (AvgIpc) is 2.39. The van der Waals surface area contributed by atoms with E-state index in [2.05, 4.69) is 4.98 Å². The van der Waals surface area contributed by atoms with Crippen LogP contribution in [0.25, 0.3) is 0 Å². The van der Waals surface area contributed by atoms with E-state index in [-0.39, 0.29) is 5.91 Å². The fraction of sp³-hybridized carbons (Fsp3) is 0.571. The van der Waals surface area contributed by atoms with Crippen LogP contribution in [-0.4, -0.2) is 42.5 Å². The molecule has 0 radical (unpaired) electrons. The first kappa shape index (κ1) is 15.4. The van der Waals surface area contributed by atoms with Gasteiger partial charge >= 0.3 is 0 Å². The minimum Gasteiger partial charge on any atom is -0.350 e. The van der Waals surface area contributed by atoms with E-state index in [9.17, 15) is 4.79 Å². The van der Waals surface area contributed by atoms with Crippen molar-refractivity contribution in [1.29, 1.82) is 0 Å². The fourth-order valence-corrected chi connectivity index (χ4v) is 1.99. The molecule has 0 bridgehead atoms. The molecule has 1 aromatic heterocycles. The zero-order valence-electron chi connectivity index (χ0n) is 12.3. The molecule has 2 N–H and O–H groups in total. The number of carbonyl (C=O) groups is 1. The van der Waals surface area contributed by atoms with Gasteiger partial charge in [0.1, 0.15) is 5.82 Å². The Balaban J connectivity index is 2.80. The summed E-state index contributed by atoms with van der Waals surface area (Å²) in [5.41, 5.74) is 7.61. The lowest BCUT2D eigenvalue weighted by Crippen LogP contribution is -2.39. The van der Waals surface area contributed by atoms with Gasteiger partial charge in [-0.3, -0.25) is 4.79 Å². The van der Waals surface area contributed by atoms with Crippen LogP contribution in [0.4, 0.5) is 5.82 Å². The molecule has 5 heteroatoms. The second-order valence-electron chi connectivity index (χ2n) is 4.60. The number of aryl methyl sites for hydroxylation is 1. The molecular formula is C14H24N4O. The van der Waals surface area contributed by atoms with Crippen molar-refractivity contribution in [2.75, 3.05) is 31.6 Å². The lowest BCUT2D eigenvalue weighted by Gasteiger charge is -2.24. The van der Waals surface area contributed by atoms with E-state index in [0.29, 0.717) is 13.1 Å². The van der Waals surface area contributed by atoms with Crippen molar-refractivity contribution in [3.8, 4) is 0 Å². The highest BCUT2D eigenvalue weighted by atomic mass is 16.2. The van der Waals surface area contributed by atoms with Crippen molar-refractivity contribution in [3.63, 3.8) is 0 Å². The number of carbonyl (C=O) groups excluding carboxylic acids is 1. The van der Waals surface area contributed by atoms with E-state index < -0.39 is 0 Å². The second-order valence-corrected chi connectivity index (χ2v) is 4.60. The van der Waals surface area contributed by atoms with Crippen LogP contribution in [-0.2, 0) is 11.3 Å². The number of hydrogen-bond acceptors (Lipinski definition) is 4. The molecule has 0 aromatic carbocycles. The summed E-state index contributed by atoms with van der Waals surface area (Å²) in [4.78, 5) is 20.2. The van der Waals surface area contributed by atoms with E-state index >= 15 is 0 Å². The molecule has 106 valence electrons. The topological polar surface area (TPSA) is 62.5 Å². The Morgan fingerprint density at radius 3 is 2.47 bits per heavy atom. The molecule has 0 aliphatic rings. The largest absolute Gasteiger partial charge is 0.350 e. The summed E-state index contributed by atoms with van der Waals surface area (Å²) in [6.45, 7) is 8.19. The summed E-state index contributed by atoms with van der Waals surface area (Å²) < 4.78 is 0. The lowest BCUT2D eigenvalue weighted by atomic mass is 10.2. The number of likely N-dealkylation sites (N-methyl/N-ethyl adjacent to an activating group) is 2. The maximum Gasteiger partial charge on any atom is 0.242 e. The van der Waals surface area contributed by atoms with Gasteiger partial charge in [-0.05, 0) is 38.5 Å². The maximum absolute atomic E-state index is 12.1. The fourth-order valence-electron chi connectivity index (χ4n) is 1.99. The lowest BCUT2D eigenvalue weighted by molar-refractivity contribution is -0.129. The molecule has 0 fully saturated rings. The highest BCUT2D eigenvalue weighted by molar-refractivity contribution is 5.81. The number of rotatable bonds is 6. The number of amides is 1. The average molecular weight is 264 g/mol. The molecular weight excluding hydrogens is 240 g/mol. The summed E-state index contributed by atoms with van der Waals surface area (Å²) in [6.07, 6.45) is 0. The van der Waals surface area contributed by atoms with Crippen LogP contribution in [0.2, 0.25) is 0 Å². The van der Waals surface area contributed by atoms with Gasteiger partial charge < -0.3 is 15.5 Å². The minimum atomic E-state index is 0.116. The molecule has 0 aliphatic carbocycles. The van der Waals surface area contributed by atoms with Gasteiger partial charge in [-0.2, -0.15) is 0 Å². The number of anilines is 1. The third kappa shape index (κ3) is 4.21. The molecule has 0 unspecified atom stereocenters. The molecule has 5 nitrogen and oxygen atoms in total. The Morgan fingerprint density at radius 2 is 1.95 bits per heavy atom. The van der Waals surface area contributed by atoms with Crippen LogP contribution in [0, 0.1) is 6.92 Å². The molecule has 0 aliphatic heterocycles. The second kappa shape index (κ2) is 7.09. The van der Waals surface area contributed by atoms with E-state index in [1.807, 2.05) is 49.8 Å². The molecule has 1 heterocycles. The van der Waals surface area contributed by atoms with Crippen LogP contribution < -0.4 is 10.6 Å². The first-order valence-corrected chi connectivity index (χ1v) is 6.68. The van der Waals surface area contributed by atoms with Crippen LogP contribution in [0.1, 0.15) is 25.1 Å². The van der Waals surface area contributed by atoms with Gasteiger partial charge in [0, 0.05) is 32.4 Å². The molecule has 1 aromatic rings. The van der Waals surface area contributed by atoms with E-state index in [1.54, 1.807) is 0 Å². The first-order valence-electron chi connectivity index (χ1n) is 6.68. The van der Waals surface area contributed by atoms with Gasteiger partial charge in [0.05, 0.1) is 6.54 Å². The smallest absolute Gasteiger partial charge is 0.242 e. The van der Waals surface area contributed by atoms with Gasteiger partial charge in [0.25, 0.3) is 0 Å². The molecule has 0 atom stereocenters. The number of nitrogens with two attached hydrogens (primary N) is 1. The van der Waals surface area contributed by atoms with Crippen molar-refractivity contribution < 1.29 is 4.79 Å². The first-order chi connectivity index (χ1) is 9.01. The Hall–Kier alpha value is -1.62. The van der Waals surface area contributed by atoms with Crippen LogP contribution in [0.5, 0.6) is 0 Å². The summed E-state index contributed by atoms with van der Waals surface area (Å²) in [5.74, 6) is 0.908. The van der Waals surface area contributed by atoms with E-state index in [1.165, 1.54) is 0 Å². The summed E-state index contributed by atoms with van der Waals surface area (Å²) >= 11 is 0. The van der Waals surface area contributed by atoms with E-state index in [0.717, 1.165) is 30.2 Å². The van der Waals surface area contributed by atoms with Gasteiger partial charge in [0.15, 0.2) is 0 Å². The van der Waals surface area contributed by atoms with Gasteiger partial charge in [0.2, 0.25) is 5.91 Å². The van der Waals surface area contributed by atoms with Crippen molar-refractivity contribution in [2.45, 2.75) is 27.3 Å². The Kier molecular flexibility index (Phi) is 5.76. The number of pyridine rings is 1. The molecule has 0 spiro atoms. The summed E-state index contributed by atoms with van der Waals surface area (Å²) in [6, 6.07) is 3.89. The summed E-state index contributed by atoms with van der Waals surface area (Å²) in [7, 11) is 1.88. The van der Waals surface area contributed by atoms with E-state index in [4.69, 9.17) is 5.73 Å². The van der Waals surface area contributed by atoms with Gasteiger partial charge in [-0.1, -0.05) is 0 Å². The molecule has 19 heavy (non-hydrogen) atoms. The van der Waals surface area contributed by atoms with Crippen LogP contribution >= 0.6 is 0 Å². The standard InChI is InChI=1S/C14H24N4O/c1-5-18(6-2)14(19)10-17(4)13-8-12(9-15)7-11(3)16-13/h7-8H,5-6,9-10,15H2,1-4H3. The third-order valence-corrected chi connectivity index (χ3v) is 3.12. The SMILES string of the molecule is CCN(CC)C(=O)CN(C)c1cc(CN)cc(C)n1. The Bertz CT molecular complexity index is 429. The predicted octanol–water partition coefficient (Wildman–Crippen LogP) is 1.15. The third-order valence-electron chi connectivity index (χ3n) is 3.12. The molecule has 0 saturated carbocycles. The maximum atomic E-state index is 12.1. The zero-order valence-corrected chi connectivity index (χ0v) is 12.3. The summed E-state index contributed by atoms with van der Waals surface area (Å²) in [5, 5.41) is 0. The number of hydrogen-bond donors (Lipinski definition) is 1. The van der Waals surface area contributed by atoms with Crippen molar-refractivity contribution in [3.05, 3.63) is 23.4 Å². The molecule has 1 rings (SSSR count). The Labute approximate surface area is 115 Å². The molecule has 0 saturated heterocycles. The van der Waals surface area contributed by atoms with Crippen molar-refractivity contribution in [2.24, 2.45) is 5.73 Å². The predicted molar refractivity (Wildman–Crippen MR) is 78.1 cm³/mol. The zero-order chi connectivity index (χ0) is 14.4. The van der Waals surface area contributed by atoms with Crippen LogP contribution in [0.15, 0.2) is 12.1 Å². The van der Waals surface area contributed by atoms with Crippen molar-refractivity contribution in [1.82, 2.24) is 9.88 Å².